The Morgan fingerprint density at radius 2 is 1.75 bits per heavy atom. The molecule has 5 rings (SSSR count). The van der Waals surface area contributed by atoms with Crippen molar-refractivity contribution in [1.82, 2.24) is 24.8 Å². The summed E-state index contributed by atoms with van der Waals surface area (Å²) in [7, 11) is 0. The molecule has 0 aliphatic rings. The van der Waals surface area contributed by atoms with Crippen molar-refractivity contribution in [3.63, 3.8) is 0 Å². The van der Waals surface area contributed by atoms with E-state index >= 15 is 0 Å². The molecule has 3 heterocycles. The van der Waals surface area contributed by atoms with Gasteiger partial charge in [0.25, 0.3) is 5.91 Å². The van der Waals surface area contributed by atoms with Crippen LogP contribution in [0.3, 0.4) is 0 Å². The van der Waals surface area contributed by atoms with E-state index < -0.39 is 0 Å². The van der Waals surface area contributed by atoms with Crippen molar-refractivity contribution in [3.8, 4) is 28.5 Å². The molecule has 0 aliphatic carbocycles. The Kier molecular flexibility index (Phi) is 5.24. The van der Waals surface area contributed by atoms with Gasteiger partial charge in [-0.2, -0.15) is 9.61 Å². The number of anilines is 1. The number of hydrogen-bond acceptors (Lipinski definition) is 6. The summed E-state index contributed by atoms with van der Waals surface area (Å²) in [6, 6.07) is 26.0. The van der Waals surface area contributed by atoms with Crippen LogP contribution in [0.1, 0.15) is 0 Å². The fourth-order valence-electron chi connectivity index (χ4n) is 3.22. The van der Waals surface area contributed by atoms with E-state index in [-0.39, 0.29) is 12.5 Å². The molecule has 3 aromatic heterocycles. The van der Waals surface area contributed by atoms with Crippen molar-refractivity contribution >= 4 is 17.2 Å². The number of fused-ring (bicyclic) bond motifs is 1. The number of nitrogens with zero attached hydrogens (tertiary/aromatic N) is 5. The predicted molar refractivity (Wildman–Crippen MR) is 120 cm³/mol. The van der Waals surface area contributed by atoms with Crippen LogP contribution in [0.25, 0.3) is 28.4 Å². The van der Waals surface area contributed by atoms with Crippen molar-refractivity contribution in [2.75, 3.05) is 11.9 Å². The van der Waals surface area contributed by atoms with Gasteiger partial charge in [-0.05, 0) is 48.5 Å². The van der Waals surface area contributed by atoms with Crippen LogP contribution in [0.2, 0.25) is 0 Å². The molecule has 8 heteroatoms. The Hall–Kier alpha value is -4.59. The van der Waals surface area contributed by atoms with Gasteiger partial charge in [-0.1, -0.05) is 36.4 Å². The molecule has 8 nitrogen and oxygen atoms in total. The number of benzene rings is 2. The number of rotatable bonds is 6. The monoisotopic (exact) mass is 422 g/mol. The van der Waals surface area contributed by atoms with E-state index in [4.69, 9.17) is 9.84 Å². The molecule has 5 aromatic rings. The number of carbonyl (C=O) groups is 1. The molecule has 0 saturated heterocycles. The fraction of sp³-hybridized carbons (Fsp3) is 0.0417. The highest BCUT2D eigenvalue weighted by Crippen LogP contribution is 2.23. The Morgan fingerprint density at radius 3 is 2.59 bits per heavy atom. The van der Waals surface area contributed by atoms with Gasteiger partial charge in [-0.15, -0.1) is 10.2 Å². The van der Waals surface area contributed by atoms with Crippen molar-refractivity contribution in [2.45, 2.75) is 0 Å². The number of amides is 1. The molecule has 0 aliphatic heterocycles. The van der Waals surface area contributed by atoms with Crippen molar-refractivity contribution < 1.29 is 9.53 Å². The van der Waals surface area contributed by atoms with Gasteiger partial charge in [-0.25, -0.2) is 0 Å². The molecule has 0 spiro atoms. The Labute approximate surface area is 183 Å². The fourth-order valence-corrected chi connectivity index (χ4v) is 3.22. The summed E-state index contributed by atoms with van der Waals surface area (Å²) >= 11 is 0. The topological polar surface area (TPSA) is 94.3 Å². The number of aromatic nitrogens is 5. The zero-order valence-corrected chi connectivity index (χ0v) is 16.9. The van der Waals surface area contributed by atoms with Gasteiger partial charge in [0.2, 0.25) is 5.82 Å². The SMILES string of the molecule is O=C(COc1ccccc1)Nc1cccc(-c2ccc3nnc(-c4ccccn4)n3n2)c1. The van der Waals surface area contributed by atoms with E-state index in [0.29, 0.717) is 34.3 Å². The largest absolute Gasteiger partial charge is 0.484 e. The van der Waals surface area contributed by atoms with E-state index in [1.54, 1.807) is 22.8 Å². The molecule has 156 valence electrons. The molecule has 0 bridgehead atoms. The molecular formula is C24H18N6O2. The van der Waals surface area contributed by atoms with Gasteiger partial charge in [0.1, 0.15) is 11.4 Å². The molecule has 32 heavy (non-hydrogen) atoms. The summed E-state index contributed by atoms with van der Waals surface area (Å²) in [6.07, 6.45) is 1.70. The Balaban J connectivity index is 1.36. The van der Waals surface area contributed by atoms with Crippen LogP contribution in [0, 0.1) is 0 Å². The summed E-state index contributed by atoms with van der Waals surface area (Å²) < 4.78 is 7.17. The Bertz CT molecular complexity index is 1370. The third kappa shape index (κ3) is 4.15. The van der Waals surface area contributed by atoms with Gasteiger partial charge in [-0.3, -0.25) is 9.78 Å². The van der Waals surface area contributed by atoms with E-state index in [1.807, 2.05) is 72.8 Å². The van der Waals surface area contributed by atoms with Crippen LogP contribution in [0.4, 0.5) is 5.69 Å². The van der Waals surface area contributed by atoms with Crippen LogP contribution in [0.5, 0.6) is 5.75 Å². The number of hydrogen-bond donors (Lipinski definition) is 1. The van der Waals surface area contributed by atoms with Crippen LogP contribution in [-0.2, 0) is 4.79 Å². The van der Waals surface area contributed by atoms with Gasteiger partial charge in [0.15, 0.2) is 12.3 Å². The van der Waals surface area contributed by atoms with E-state index in [1.165, 1.54) is 0 Å². The third-order valence-corrected chi connectivity index (χ3v) is 4.71. The second kappa shape index (κ2) is 8.65. The maximum Gasteiger partial charge on any atom is 0.262 e. The molecule has 0 radical (unpaired) electrons. The first-order chi connectivity index (χ1) is 15.8. The summed E-state index contributed by atoms with van der Waals surface area (Å²) in [5, 5.41) is 15.9. The van der Waals surface area contributed by atoms with Gasteiger partial charge >= 0.3 is 0 Å². The predicted octanol–water partition coefficient (Wildman–Crippen LogP) is 3.87. The second-order valence-electron chi connectivity index (χ2n) is 6.96. The molecule has 2 aromatic carbocycles. The third-order valence-electron chi connectivity index (χ3n) is 4.71. The van der Waals surface area contributed by atoms with E-state index in [9.17, 15) is 4.79 Å². The summed E-state index contributed by atoms with van der Waals surface area (Å²) in [5.41, 5.74) is 3.52. The normalized spacial score (nSPS) is 10.8. The standard InChI is InChI=1S/C24H18N6O2/c31-23(16-32-19-9-2-1-3-10-19)26-18-8-6-7-17(15-18)20-12-13-22-27-28-24(30(22)29-20)21-11-4-5-14-25-21/h1-15H,16H2,(H,26,31). The highest BCUT2D eigenvalue weighted by Gasteiger charge is 2.12. The first-order valence-electron chi connectivity index (χ1n) is 9.98. The summed E-state index contributed by atoms with van der Waals surface area (Å²) in [5.74, 6) is 0.960. The minimum atomic E-state index is -0.245. The first-order valence-corrected chi connectivity index (χ1v) is 9.98. The summed E-state index contributed by atoms with van der Waals surface area (Å²) in [6.45, 7) is -0.0768. The molecule has 0 atom stereocenters. The number of ether oxygens (including phenoxy) is 1. The van der Waals surface area contributed by atoms with Crippen LogP contribution in [0.15, 0.2) is 91.1 Å². The molecule has 0 fully saturated rings. The van der Waals surface area contributed by atoms with Gasteiger partial charge in [0.05, 0.1) is 5.69 Å². The quantitative estimate of drug-likeness (QED) is 0.446. The lowest BCUT2D eigenvalue weighted by Crippen LogP contribution is -2.20. The number of para-hydroxylation sites is 1. The molecule has 0 unspecified atom stereocenters. The number of nitrogens with one attached hydrogen (secondary N) is 1. The molecule has 1 amide bonds. The first kappa shape index (κ1) is 19.4. The minimum absolute atomic E-state index is 0.0768. The maximum atomic E-state index is 12.3. The Morgan fingerprint density at radius 1 is 0.875 bits per heavy atom. The highest BCUT2D eigenvalue weighted by atomic mass is 16.5. The smallest absolute Gasteiger partial charge is 0.262 e. The van der Waals surface area contributed by atoms with Gasteiger partial charge < -0.3 is 10.1 Å². The zero-order valence-electron chi connectivity index (χ0n) is 16.9. The van der Waals surface area contributed by atoms with E-state index in [2.05, 4.69) is 20.5 Å². The van der Waals surface area contributed by atoms with Crippen LogP contribution in [-0.4, -0.2) is 37.3 Å². The molecular weight excluding hydrogens is 404 g/mol. The minimum Gasteiger partial charge on any atom is -0.484 e. The molecule has 1 N–H and O–H groups in total. The second-order valence-corrected chi connectivity index (χ2v) is 6.96. The van der Waals surface area contributed by atoms with Crippen molar-refractivity contribution in [3.05, 3.63) is 91.1 Å². The van der Waals surface area contributed by atoms with Crippen molar-refractivity contribution in [1.29, 1.82) is 0 Å². The lowest BCUT2D eigenvalue weighted by atomic mass is 10.1. The van der Waals surface area contributed by atoms with Gasteiger partial charge in [0, 0.05) is 17.4 Å². The average Bonchev–Trinajstić information content (AvgIpc) is 3.27. The number of pyridine rings is 1. The van der Waals surface area contributed by atoms with E-state index in [0.717, 1.165) is 5.56 Å². The van der Waals surface area contributed by atoms with Crippen LogP contribution < -0.4 is 10.1 Å². The molecule has 0 saturated carbocycles. The van der Waals surface area contributed by atoms with Crippen molar-refractivity contribution in [2.24, 2.45) is 0 Å². The highest BCUT2D eigenvalue weighted by molar-refractivity contribution is 5.92. The lowest BCUT2D eigenvalue weighted by Gasteiger charge is -2.09. The lowest BCUT2D eigenvalue weighted by molar-refractivity contribution is -0.118. The maximum absolute atomic E-state index is 12.3. The average molecular weight is 422 g/mol. The number of carbonyl (C=O) groups excluding carboxylic acids is 1. The van der Waals surface area contributed by atoms with Crippen LogP contribution >= 0.6 is 0 Å². The zero-order chi connectivity index (χ0) is 21.8. The summed E-state index contributed by atoms with van der Waals surface area (Å²) in [4.78, 5) is 16.6.